The van der Waals surface area contributed by atoms with Gasteiger partial charge in [-0.3, -0.25) is 19.3 Å². The molecule has 1 aliphatic rings. The molecule has 128 valence electrons. The molecule has 0 saturated carbocycles. The highest BCUT2D eigenvalue weighted by molar-refractivity contribution is 8.14. The molecule has 2 aromatic carbocycles. The number of amides is 2. The fraction of sp³-hybridized carbons (Fsp3) is 0.167. The zero-order chi connectivity index (χ0) is 17.8. The van der Waals surface area contributed by atoms with E-state index in [0.29, 0.717) is 16.3 Å². The Kier molecular flexibility index (Phi) is 5.40. The van der Waals surface area contributed by atoms with Gasteiger partial charge in [-0.1, -0.05) is 47.6 Å². The SMILES string of the molecule is O=C(COc1ccc(CN2C(=O)CSC2=O)cc1)c1cccc(Cl)c1. The number of hydrogen-bond acceptors (Lipinski definition) is 5. The number of nitrogens with zero attached hydrogens (tertiary/aromatic N) is 1. The summed E-state index contributed by atoms with van der Waals surface area (Å²) in [6.45, 7) is 0.145. The molecule has 1 heterocycles. The lowest BCUT2D eigenvalue weighted by Crippen LogP contribution is -2.27. The Balaban J connectivity index is 1.56. The van der Waals surface area contributed by atoms with Gasteiger partial charge in [-0.05, 0) is 29.8 Å². The van der Waals surface area contributed by atoms with Crippen molar-refractivity contribution < 1.29 is 19.1 Å². The Morgan fingerprint density at radius 3 is 2.56 bits per heavy atom. The Bertz CT molecular complexity index is 806. The van der Waals surface area contributed by atoms with Gasteiger partial charge in [-0.25, -0.2) is 0 Å². The molecule has 1 fully saturated rings. The average Bonchev–Trinajstić information content (AvgIpc) is 2.93. The maximum absolute atomic E-state index is 12.1. The molecule has 0 N–H and O–H groups in total. The Hall–Kier alpha value is -2.31. The van der Waals surface area contributed by atoms with Gasteiger partial charge < -0.3 is 4.74 Å². The van der Waals surface area contributed by atoms with Crippen LogP contribution in [0.2, 0.25) is 5.02 Å². The van der Waals surface area contributed by atoms with Crippen molar-refractivity contribution in [3.8, 4) is 5.75 Å². The number of carbonyl (C=O) groups excluding carboxylic acids is 3. The van der Waals surface area contributed by atoms with Crippen LogP contribution in [0.15, 0.2) is 48.5 Å². The molecule has 0 bridgehead atoms. The third-order valence-electron chi connectivity index (χ3n) is 3.62. The summed E-state index contributed by atoms with van der Waals surface area (Å²) in [5.41, 5.74) is 1.31. The number of halogens is 1. The summed E-state index contributed by atoms with van der Waals surface area (Å²) in [6.07, 6.45) is 0. The number of thioether (sulfide) groups is 1. The average molecular weight is 376 g/mol. The lowest BCUT2D eigenvalue weighted by molar-refractivity contribution is -0.125. The number of ether oxygens (including phenoxy) is 1. The van der Waals surface area contributed by atoms with Gasteiger partial charge in [0.1, 0.15) is 5.75 Å². The standard InChI is InChI=1S/C18H14ClNO4S/c19-14-3-1-2-13(8-14)16(21)10-24-15-6-4-12(5-7-15)9-20-17(22)11-25-18(20)23/h1-8H,9-11H2. The molecule has 25 heavy (non-hydrogen) atoms. The van der Waals surface area contributed by atoms with Crippen molar-refractivity contribution >= 4 is 40.3 Å². The van der Waals surface area contributed by atoms with E-state index >= 15 is 0 Å². The van der Waals surface area contributed by atoms with Gasteiger partial charge in [0.15, 0.2) is 12.4 Å². The van der Waals surface area contributed by atoms with E-state index in [1.165, 1.54) is 4.90 Å². The number of hydrogen-bond donors (Lipinski definition) is 0. The van der Waals surface area contributed by atoms with E-state index in [-0.39, 0.29) is 35.8 Å². The molecule has 1 aliphatic heterocycles. The second-order valence-corrected chi connectivity index (χ2v) is 6.76. The van der Waals surface area contributed by atoms with Gasteiger partial charge in [0.2, 0.25) is 5.91 Å². The van der Waals surface area contributed by atoms with Crippen molar-refractivity contribution in [2.45, 2.75) is 6.54 Å². The molecule has 0 aromatic heterocycles. The zero-order valence-electron chi connectivity index (χ0n) is 13.1. The number of imide groups is 1. The Morgan fingerprint density at radius 2 is 1.92 bits per heavy atom. The third kappa shape index (κ3) is 4.41. The summed E-state index contributed by atoms with van der Waals surface area (Å²) < 4.78 is 5.49. The van der Waals surface area contributed by atoms with Gasteiger partial charge in [-0.2, -0.15) is 0 Å². The quantitative estimate of drug-likeness (QED) is 0.718. The van der Waals surface area contributed by atoms with Crippen molar-refractivity contribution in [3.63, 3.8) is 0 Å². The molecule has 0 aliphatic carbocycles. The predicted octanol–water partition coefficient (Wildman–Crippen LogP) is 3.80. The molecular formula is C18H14ClNO4S. The minimum Gasteiger partial charge on any atom is -0.485 e. The molecular weight excluding hydrogens is 362 g/mol. The molecule has 2 amide bonds. The van der Waals surface area contributed by atoms with Crippen LogP contribution in [0.4, 0.5) is 4.79 Å². The number of rotatable bonds is 6. The van der Waals surface area contributed by atoms with Crippen LogP contribution in [0.3, 0.4) is 0 Å². The number of benzene rings is 2. The summed E-state index contributed by atoms with van der Waals surface area (Å²) >= 11 is 6.88. The van der Waals surface area contributed by atoms with Gasteiger partial charge in [0.05, 0.1) is 12.3 Å². The Morgan fingerprint density at radius 1 is 1.16 bits per heavy atom. The molecule has 0 radical (unpaired) electrons. The summed E-state index contributed by atoms with van der Waals surface area (Å²) in [5, 5.41) is 0.275. The molecule has 0 spiro atoms. The van der Waals surface area contributed by atoms with Crippen molar-refractivity contribution in [1.82, 2.24) is 4.90 Å². The number of Topliss-reactive ketones (excluding diaryl/α,β-unsaturated/α-hetero) is 1. The molecule has 1 saturated heterocycles. The highest BCUT2D eigenvalue weighted by Gasteiger charge is 2.29. The summed E-state index contributed by atoms with van der Waals surface area (Å²) in [5.74, 6) is 0.387. The molecule has 2 aromatic rings. The minimum atomic E-state index is -0.225. The highest BCUT2D eigenvalue weighted by Crippen LogP contribution is 2.22. The van der Waals surface area contributed by atoms with Crippen LogP contribution in [0.5, 0.6) is 5.75 Å². The van der Waals surface area contributed by atoms with Crippen LogP contribution in [0.25, 0.3) is 0 Å². The van der Waals surface area contributed by atoms with Gasteiger partial charge in [0.25, 0.3) is 5.24 Å². The number of carbonyl (C=O) groups is 3. The minimum absolute atomic E-state index is 0.0978. The van der Waals surface area contributed by atoms with E-state index in [1.54, 1.807) is 48.5 Å². The predicted molar refractivity (Wildman–Crippen MR) is 96.1 cm³/mol. The van der Waals surface area contributed by atoms with Crippen LogP contribution in [-0.4, -0.2) is 34.2 Å². The van der Waals surface area contributed by atoms with E-state index in [0.717, 1.165) is 17.3 Å². The first-order chi connectivity index (χ1) is 12.0. The Labute approximate surface area is 153 Å². The van der Waals surface area contributed by atoms with Crippen LogP contribution < -0.4 is 4.74 Å². The normalized spacial score (nSPS) is 14.0. The molecule has 7 heteroatoms. The van der Waals surface area contributed by atoms with Crippen molar-refractivity contribution in [3.05, 3.63) is 64.7 Å². The maximum atomic E-state index is 12.1. The highest BCUT2D eigenvalue weighted by atomic mass is 35.5. The first-order valence-electron chi connectivity index (χ1n) is 7.50. The largest absolute Gasteiger partial charge is 0.485 e. The third-order valence-corrected chi connectivity index (χ3v) is 4.71. The lowest BCUT2D eigenvalue weighted by Gasteiger charge is -2.13. The first-order valence-corrected chi connectivity index (χ1v) is 8.87. The van der Waals surface area contributed by atoms with E-state index in [2.05, 4.69) is 0 Å². The van der Waals surface area contributed by atoms with E-state index < -0.39 is 0 Å². The van der Waals surface area contributed by atoms with Crippen molar-refractivity contribution in [1.29, 1.82) is 0 Å². The van der Waals surface area contributed by atoms with Crippen LogP contribution >= 0.6 is 23.4 Å². The van der Waals surface area contributed by atoms with E-state index in [4.69, 9.17) is 16.3 Å². The fourth-order valence-corrected chi connectivity index (χ4v) is 3.22. The molecule has 3 rings (SSSR count). The molecule has 0 atom stereocenters. The van der Waals surface area contributed by atoms with Crippen LogP contribution in [0, 0.1) is 0 Å². The van der Waals surface area contributed by atoms with E-state index in [1.807, 2.05) is 0 Å². The number of ketones is 1. The monoisotopic (exact) mass is 375 g/mol. The smallest absolute Gasteiger partial charge is 0.289 e. The zero-order valence-corrected chi connectivity index (χ0v) is 14.7. The fourth-order valence-electron chi connectivity index (χ4n) is 2.30. The summed E-state index contributed by atoms with van der Waals surface area (Å²) in [6, 6.07) is 13.6. The molecule has 0 unspecified atom stereocenters. The lowest BCUT2D eigenvalue weighted by atomic mass is 10.1. The topological polar surface area (TPSA) is 63.7 Å². The second-order valence-electron chi connectivity index (χ2n) is 5.40. The van der Waals surface area contributed by atoms with Gasteiger partial charge in [0, 0.05) is 10.6 Å². The molecule has 5 nitrogen and oxygen atoms in total. The second kappa shape index (κ2) is 7.72. The van der Waals surface area contributed by atoms with E-state index in [9.17, 15) is 14.4 Å². The summed E-state index contributed by atoms with van der Waals surface area (Å²) in [7, 11) is 0. The van der Waals surface area contributed by atoms with Crippen molar-refractivity contribution in [2.75, 3.05) is 12.4 Å². The van der Waals surface area contributed by atoms with Crippen LogP contribution in [-0.2, 0) is 11.3 Å². The van der Waals surface area contributed by atoms with Gasteiger partial charge >= 0.3 is 0 Å². The van der Waals surface area contributed by atoms with Crippen LogP contribution in [0.1, 0.15) is 15.9 Å². The van der Waals surface area contributed by atoms with Crippen molar-refractivity contribution in [2.24, 2.45) is 0 Å². The van der Waals surface area contributed by atoms with Gasteiger partial charge in [-0.15, -0.1) is 0 Å². The maximum Gasteiger partial charge on any atom is 0.289 e. The summed E-state index contributed by atoms with van der Waals surface area (Å²) in [4.78, 5) is 36.5. The first kappa shape index (κ1) is 17.5.